The van der Waals surface area contributed by atoms with Crippen LogP contribution in [0.3, 0.4) is 0 Å². The Bertz CT molecular complexity index is 859. The molecule has 0 aliphatic carbocycles. The molecule has 0 bridgehead atoms. The number of carbonyl (C=O) groups excluding carboxylic acids is 2. The van der Waals surface area contributed by atoms with Gasteiger partial charge in [-0.1, -0.05) is 57.2 Å². The van der Waals surface area contributed by atoms with E-state index in [4.69, 9.17) is 10.2 Å². The average Bonchev–Trinajstić information content (AvgIpc) is 2.80. The summed E-state index contributed by atoms with van der Waals surface area (Å²) in [5.74, 6) is -1.81. The summed E-state index contributed by atoms with van der Waals surface area (Å²) in [7, 11) is 0. The minimum atomic E-state index is -0.920. The monoisotopic (exact) mass is 473 g/mol. The largest absolute Gasteiger partial charge is 0.481 e. The third-order valence-electron chi connectivity index (χ3n) is 4.00. The van der Waals surface area contributed by atoms with E-state index in [1.807, 2.05) is 62.4 Å². The molecule has 0 aliphatic rings. The van der Waals surface area contributed by atoms with Crippen LogP contribution in [0.1, 0.15) is 40.0 Å². The van der Waals surface area contributed by atoms with Crippen molar-refractivity contribution < 1.29 is 29.4 Å². The van der Waals surface area contributed by atoms with Crippen LogP contribution in [0.4, 0.5) is 11.4 Å². The predicted molar refractivity (Wildman–Crippen MR) is 133 cm³/mol. The van der Waals surface area contributed by atoms with E-state index in [0.717, 1.165) is 12.1 Å². The first-order valence-corrected chi connectivity index (χ1v) is 11.1. The summed E-state index contributed by atoms with van der Waals surface area (Å²) < 4.78 is 0. The van der Waals surface area contributed by atoms with Gasteiger partial charge in [0.15, 0.2) is 0 Å². The topological polar surface area (TPSA) is 136 Å². The fourth-order valence-electron chi connectivity index (χ4n) is 2.42. The minimum absolute atomic E-state index is 0.0520. The zero-order valence-electron chi connectivity index (χ0n) is 20.0. The molecule has 0 radical (unpaired) electrons. The lowest BCUT2D eigenvalue weighted by atomic mass is 10.3. The summed E-state index contributed by atoms with van der Waals surface area (Å²) in [6, 6.07) is 18.6. The van der Waals surface area contributed by atoms with Crippen molar-refractivity contribution in [2.45, 2.75) is 40.0 Å². The summed E-state index contributed by atoms with van der Waals surface area (Å²) in [6.07, 6.45) is 1.56. The number of benzene rings is 2. The zero-order chi connectivity index (χ0) is 25.8. The third kappa shape index (κ3) is 16.9. The Balaban J connectivity index is 0.000000575. The van der Waals surface area contributed by atoms with Crippen LogP contribution in [-0.2, 0) is 19.2 Å². The van der Waals surface area contributed by atoms with Crippen LogP contribution in [0.5, 0.6) is 0 Å². The van der Waals surface area contributed by atoms with Crippen molar-refractivity contribution in [1.29, 1.82) is 0 Å². The molecule has 0 atom stereocenters. The molecule has 0 unspecified atom stereocenters. The number of carbonyl (C=O) groups is 4. The van der Waals surface area contributed by atoms with Crippen LogP contribution < -0.4 is 10.6 Å². The van der Waals surface area contributed by atoms with Crippen LogP contribution in [0.2, 0.25) is 0 Å². The van der Waals surface area contributed by atoms with E-state index in [9.17, 15) is 19.2 Å². The van der Waals surface area contributed by atoms with Crippen LogP contribution in [0, 0.1) is 0 Å². The second-order valence-corrected chi connectivity index (χ2v) is 7.03. The van der Waals surface area contributed by atoms with Gasteiger partial charge in [-0.15, -0.1) is 0 Å². The lowest BCUT2D eigenvalue weighted by Gasteiger charge is -2.18. The molecule has 2 amide bonds. The van der Waals surface area contributed by atoms with E-state index in [2.05, 4.69) is 10.6 Å². The Labute approximate surface area is 200 Å². The molecule has 0 aliphatic heterocycles. The van der Waals surface area contributed by atoms with E-state index < -0.39 is 11.9 Å². The van der Waals surface area contributed by atoms with Crippen LogP contribution >= 0.6 is 0 Å². The quantitative estimate of drug-likeness (QED) is 0.410. The number of rotatable bonds is 10. The first-order valence-electron chi connectivity index (χ1n) is 11.1. The number of aliphatic carboxylic acids is 2. The minimum Gasteiger partial charge on any atom is -0.481 e. The fourth-order valence-corrected chi connectivity index (χ4v) is 2.42. The molecule has 9 nitrogen and oxygen atoms in total. The van der Waals surface area contributed by atoms with Gasteiger partial charge in [0.2, 0.25) is 11.8 Å². The van der Waals surface area contributed by atoms with Gasteiger partial charge in [0, 0.05) is 24.2 Å². The second kappa shape index (κ2) is 18.8. The molecule has 34 heavy (non-hydrogen) atoms. The Morgan fingerprint density at radius 1 is 0.676 bits per heavy atom. The van der Waals surface area contributed by atoms with Crippen molar-refractivity contribution in [3.05, 3.63) is 60.7 Å². The molecule has 0 spiro atoms. The number of carboxylic acid groups (broad SMARTS) is 2. The van der Waals surface area contributed by atoms with Gasteiger partial charge in [-0.25, -0.2) is 0 Å². The predicted octanol–water partition coefficient (Wildman–Crippen LogP) is 3.94. The van der Waals surface area contributed by atoms with Crippen molar-refractivity contribution in [1.82, 2.24) is 4.90 Å². The lowest BCUT2D eigenvalue weighted by Crippen LogP contribution is -2.37. The average molecular weight is 474 g/mol. The van der Waals surface area contributed by atoms with E-state index in [0.29, 0.717) is 18.7 Å². The first kappa shape index (κ1) is 30.3. The molecule has 0 fully saturated rings. The normalized spacial score (nSPS) is 9.53. The van der Waals surface area contributed by atoms with Gasteiger partial charge in [-0.05, 0) is 37.2 Å². The summed E-state index contributed by atoms with van der Waals surface area (Å²) in [4.78, 5) is 44.2. The number of anilines is 2. The summed E-state index contributed by atoms with van der Waals surface area (Å²) >= 11 is 0. The van der Waals surface area contributed by atoms with E-state index in [1.165, 1.54) is 0 Å². The number of nitrogens with zero attached hydrogens (tertiary/aromatic N) is 1. The third-order valence-corrected chi connectivity index (χ3v) is 4.00. The lowest BCUT2D eigenvalue weighted by molar-refractivity contribution is -0.139. The first-order chi connectivity index (χ1) is 16.2. The second-order valence-electron chi connectivity index (χ2n) is 7.03. The summed E-state index contributed by atoms with van der Waals surface area (Å²) in [6.45, 7) is 5.95. The smallest absolute Gasteiger partial charge is 0.317 e. The highest BCUT2D eigenvalue weighted by molar-refractivity contribution is 5.92. The standard InChI is InChI=1S/C13H18N2O3.C9H11NO.C3H6O2/c1-2-8-15(10-13(17)18)9-12(16)14-11-6-4-3-5-7-11;1-2-9(11)10-8-6-4-3-5-7-8;1-2-3(4)5/h3-7H,2,8-10H2,1H3,(H,14,16)(H,17,18);3-7H,2H2,1H3,(H,10,11);2H2,1H3,(H,4,5). The molecular weight excluding hydrogens is 438 g/mol. The van der Waals surface area contributed by atoms with E-state index in [1.54, 1.807) is 24.0 Å². The van der Waals surface area contributed by atoms with Gasteiger partial charge in [0.25, 0.3) is 0 Å². The van der Waals surface area contributed by atoms with Crippen molar-refractivity contribution in [3.63, 3.8) is 0 Å². The number of carboxylic acids is 2. The number of hydrogen-bond acceptors (Lipinski definition) is 5. The highest BCUT2D eigenvalue weighted by atomic mass is 16.4. The number of nitrogens with one attached hydrogen (secondary N) is 2. The molecule has 0 saturated heterocycles. The number of hydrogen-bond donors (Lipinski definition) is 4. The fraction of sp³-hybridized carbons (Fsp3) is 0.360. The molecular formula is C25H35N3O6. The highest BCUT2D eigenvalue weighted by Crippen LogP contribution is 2.05. The van der Waals surface area contributed by atoms with E-state index >= 15 is 0 Å². The Morgan fingerprint density at radius 3 is 1.47 bits per heavy atom. The maximum atomic E-state index is 11.7. The molecule has 0 heterocycles. The Hall–Kier alpha value is -3.72. The van der Waals surface area contributed by atoms with Gasteiger partial charge in [0.05, 0.1) is 13.1 Å². The van der Waals surface area contributed by atoms with Crippen molar-refractivity contribution in [3.8, 4) is 0 Å². The molecule has 9 heteroatoms. The Morgan fingerprint density at radius 2 is 1.12 bits per heavy atom. The van der Waals surface area contributed by atoms with Gasteiger partial charge in [-0.2, -0.15) is 0 Å². The van der Waals surface area contributed by atoms with Crippen molar-refractivity contribution in [2.75, 3.05) is 30.3 Å². The van der Waals surface area contributed by atoms with Crippen LogP contribution in [0.25, 0.3) is 0 Å². The van der Waals surface area contributed by atoms with Gasteiger partial charge in [0.1, 0.15) is 0 Å². The Kier molecular flexibility index (Phi) is 16.8. The van der Waals surface area contributed by atoms with Gasteiger partial charge >= 0.3 is 11.9 Å². The van der Waals surface area contributed by atoms with Crippen LogP contribution in [-0.4, -0.2) is 58.5 Å². The highest BCUT2D eigenvalue weighted by Gasteiger charge is 2.13. The van der Waals surface area contributed by atoms with Crippen molar-refractivity contribution >= 4 is 35.1 Å². The SMILES string of the molecule is CCC(=O)Nc1ccccc1.CCC(=O)O.CCCN(CC(=O)O)CC(=O)Nc1ccccc1. The maximum Gasteiger partial charge on any atom is 0.317 e. The molecule has 0 aromatic heterocycles. The summed E-state index contributed by atoms with van der Waals surface area (Å²) in [5, 5.41) is 21.9. The maximum absolute atomic E-state index is 11.7. The number of amides is 2. The molecule has 2 aromatic carbocycles. The molecule has 2 rings (SSSR count). The molecule has 0 saturated carbocycles. The summed E-state index contributed by atoms with van der Waals surface area (Å²) in [5.41, 5.74) is 1.58. The van der Waals surface area contributed by atoms with Crippen LogP contribution in [0.15, 0.2) is 60.7 Å². The van der Waals surface area contributed by atoms with Crippen molar-refractivity contribution in [2.24, 2.45) is 0 Å². The molecule has 186 valence electrons. The van der Waals surface area contributed by atoms with Gasteiger partial charge in [-0.3, -0.25) is 24.1 Å². The zero-order valence-corrected chi connectivity index (χ0v) is 20.0. The molecule has 2 aromatic rings. The number of para-hydroxylation sites is 2. The van der Waals surface area contributed by atoms with E-state index in [-0.39, 0.29) is 31.3 Å². The van der Waals surface area contributed by atoms with Gasteiger partial charge < -0.3 is 20.8 Å². The molecule has 4 N–H and O–H groups in total.